The summed E-state index contributed by atoms with van der Waals surface area (Å²) < 4.78 is 10.9. The van der Waals surface area contributed by atoms with Gasteiger partial charge in [-0.2, -0.15) is 0 Å². The fraction of sp³-hybridized carbons (Fsp3) is 0.412. The molecule has 0 radical (unpaired) electrons. The molecule has 1 amide bonds. The molecule has 0 atom stereocenters. The molecule has 5 heteroatoms. The number of pyridine rings is 1. The molecule has 3 rings (SSSR count). The molecular formula is C17H20N2O3. The average Bonchev–Trinajstić information content (AvgIpc) is 2.89. The Bertz CT molecular complexity index is 725. The van der Waals surface area contributed by atoms with Crippen molar-refractivity contribution < 1.29 is 13.9 Å². The lowest BCUT2D eigenvalue weighted by Gasteiger charge is -2.29. The number of hydrogen-bond acceptors (Lipinski definition) is 4. The number of ether oxygens (including phenoxy) is 1. The van der Waals surface area contributed by atoms with Gasteiger partial charge in [-0.05, 0) is 44.9 Å². The third-order valence-electron chi connectivity index (χ3n) is 3.54. The van der Waals surface area contributed by atoms with Crippen LogP contribution in [0.15, 0.2) is 35.1 Å². The van der Waals surface area contributed by atoms with E-state index in [4.69, 9.17) is 9.15 Å². The lowest BCUT2D eigenvalue weighted by Crippen LogP contribution is -2.39. The van der Waals surface area contributed by atoms with Gasteiger partial charge in [-0.3, -0.25) is 4.98 Å². The number of carbonyl (C=O) groups is 1. The zero-order valence-electron chi connectivity index (χ0n) is 13.1. The van der Waals surface area contributed by atoms with Crippen LogP contribution in [0.2, 0.25) is 0 Å². The summed E-state index contributed by atoms with van der Waals surface area (Å²) in [5, 5.41) is 0. The topological polar surface area (TPSA) is 55.6 Å². The molecule has 1 aliphatic heterocycles. The van der Waals surface area contributed by atoms with Crippen LogP contribution in [-0.2, 0) is 4.74 Å². The first kappa shape index (κ1) is 14.6. The van der Waals surface area contributed by atoms with Gasteiger partial charge in [-0.15, -0.1) is 0 Å². The van der Waals surface area contributed by atoms with Crippen LogP contribution in [0.1, 0.15) is 32.8 Å². The predicted octanol–water partition coefficient (Wildman–Crippen LogP) is 3.85. The van der Waals surface area contributed by atoms with Crippen molar-refractivity contribution in [3.05, 3.63) is 36.2 Å². The number of amides is 1. The molecular weight excluding hydrogens is 280 g/mol. The molecule has 3 heterocycles. The van der Waals surface area contributed by atoms with E-state index in [9.17, 15) is 4.79 Å². The van der Waals surface area contributed by atoms with E-state index in [1.165, 1.54) is 0 Å². The van der Waals surface area contributed by atoms with Crippen molar-refractivity contribution in [2.24, 2.45) is 0 Å². The number of hydrogen-bond donors (Lipinski definition) is 0. The maximum absolute atomic E-state index is 12.1. The van der Waals surface area contributed by atoms with Gasteiger partial charge in [0.2, 0.25) is 0 Å². The zero-order chi connectivity index (χ0) is 15.7. The highest BCUT2D eigenvalue weighted by molar-refractivity contribution is 5.88. The van der Waals surface area contributed by atoms with Crippen LogP contribution in [0.25, 0.3) is 16.7 Å². The van der Waals surface area contributed by atoms with Crippen LogP contribution in [0.5, 0.6) is 0 Å². The zero-order valence-corrected chi connectivity index (χ0v) is 13.1. The SMILES string of the molecule is CC(C)(C)OC(=O)N1CC=C(c2coc3cccnc23)CC1. The van der Waals surface area contributed by atoms with E-state index in [0.717, 1.165) is 28.7 Å². The average molecular weight is 300 g/mol. The summed E-state index contributed by atoms with van der Waals surface area (Å²) in [4.78, 5) is 18.2. The highest BCUT2D eigenvalue weighted by atomic mass is 16.6. The van der Waals surface area contributed by atoms with E-state index < -0.39 is 5.60 Å². The van der Waals surface area contributed by atoms with E-state index in [-0.39, 0.29) is 6.09 Å². The Kier molecular flexibility index (Phi) is 3.64. The van der Waals surface area contributed by atoms with Crippen molar-refractivity contribution in [3.63, 3.8) is 0 Å². The maximum atomic E-state index is 12.1. The molecule has 0 N–H and O–H groups in total. The highest BCUT2D eigenvalue weighted by Crippen LogP contribution is 2.29. The summed E-state index contributed by atoms with van der Waals surface area (Å²) in [5.41, 5.74) is 3.37. The quantitative estimate of drug-likeness (QED) is 0.802. The molecule has 5 nitrogen and oxygen atoms in total. The Labute approximate surface area is 129 Å². The van der Waals surface area contributed by atoms with Crippen LogP contribution in [0, 0.1) is 0 Å². The molecule has 0 spiro atoms. The van der Waals surface area contributed by atoms with Gasteiger partial charge in [0.25, 0.3) is 0 Å². The molecule has 0 aromatic carbocycles. The first-order valence-corrected chi connectivity index (χ1v) is 7.43. The fourth-order valence-corrected chi connectivity index (χ4v) is 2.50. The third-order valence-corrected chi connectivity index (χ3v) is 3.54. The molecule has 0 fully saturated rings. The van der Waals surface area contributed by atoms with Crippen LogP contribution >= 0.6 is 0 Å². The summed E-state index contributed by atoms with van der Waals surface area (Å²) >= 11 is 0. The monoisotopic (exact) mass is 300 g/mol. The standard InChI is InChI=1S/C17H20N2O3/c1-17(2,3)22-16(20)19-9-6-12(7-10-19)13-11-21-14-5-4-8-18-15(13)14/h4-6,8,11H,7,9-10H2,1-3H3. The van der Waals surface area contributed by atoms with Crippen molar-refractivity contribution in [3.8, 4) is 0 Å². The molecule has 116 valence electrons. The van der Waals surface area contributed by atoms with Gasteiger partial charge in [-0.25, -0.2) is 4.79 Å². The minimum Gasteiger partial charge on any atom is -0.462 e. The van der Waals surface area contributed by atoms with E-state index in [2.05, 4.69) is 4.98 Å². The van der Waals surface area contributed by atoms with Gasteiger partial charge in [0.05, 0.1) is 0 Å². The Hall–Kier alpha value is -2.30. The maximum Gasteiger partial charge on any atom is 0.410 e. The van der Waals surface area contributed by atoms with Crippen molar-refractivity contribution in [1.82, 2.24) is 9.88 Å². The number of carbonyl (C=O) groups excluding carboxylic acids is 1. The van der Waals surface area contributed by atoms with Gasteiger partial charge >= 0.3 is 6.09 Å². The second-order valence-electron chi connectivity index (χ2n) is 6.41. The molecule has 0 aliphatic carbocycles. The lowest BCUT2D eigenvalue weighted by atomic mass is 10.0. The van der Waals surface area contributed by atoms with E-state index in [1.807, 2.05) is 39.0 Å². The summed E-state index contributed by atoms with van der Waals surface area (Å²) in [6.45, 7) is 6.81. The Morgan fingerprint density at radius 2 is 2.23 bits per heavy atom. The number of rotatable bonds is 1. The predicted molar refractivity (Wildman–Crippen MR) is 84.4 cm³/mol. The fourth-order valence-electron chi connectivity index (χ4n) is 2.50. The summed E-state index contributed by atoms with van der Waals surface area (Å²) in [6, 6.07) is 3.76. The minimum absolute atomic E-state index is 0.266. The van der Waals surface area contributed by atoms with Gasteiger partial charge in [0.1, 0.15) is 17.4 Å². The highest BCUT2D eigenvalue weighted by Gasteiger charge is 2.24. The van der Waals surface area contributed by atoms with Crippen LogP contribution in [0.3, 0.4) is 0 Å². The Morgan fingerprint density at radius 3 is 2.91 bits per heavy atom. The van der Waals surface area contributed by atoms with Crippen LogP contribution < -0.4 is 0 Å². The van der Waals surface area contributed by atoms with Gasteiger partial charge in [-0.1, -0.05) is 6.08 Å². The van der Waals surface area contributed by atoms with Crippen molar-refractivity contribution in [1.29, 1.82) is 0 Å². The van der Waals surface area contributed by atoms with Crippen molar-refractivity contribution in [2.45, 2.75) is 32.8 Å². The minimum atomic E-state index is -0.467. The molecule has 2 aromatic heterocycles. The number of nitrogens with zero attached hydrogens (tertiary/aromatic N) is 2. The normalized spacial score (nSPS) is 15.8. The van der Waals surface area contributed by atoms with Gasteiger partial charge in [0, 0.05) is 24.8 Å². The molecule has 0 saturated carbocycles. The summed E-state index contributed by atoms with van der Waals surface area (Å²) in [7, 11) is 0. The van der Waals surface area contributed by atoms with E-state index >= 15 is 0 Å². The number of furan rings is 1. The summed E-state index contributed by atoms with van der Waals surface area (Å²) in [6.07, 6.45) is 6.05. The van der Waals surface area contributed by atoms with Crippen LogP contribution in [0.4, 0.5) is 4.79 Å². The first-order chi connectivity index (χ1) is 10.4. The Morgan fingerprint density at radius 1 is 1.41 bits per heavy atom. The molecule has 22 heavy (non-hydrogen) atoms. The van der Waals surface area contributed by atoms with Crippen LogP contribution in [-0.4, -0.2) is 34.7 Å². The van der Waals surface area contributed by atoms with Gasteiger partial charge < -0.3 is 14.1 Å². The second kappa shape index (κ2) is 5.48. The Balaban J connectivity index is 1.75. The summed E-state index contributed by atoms with van der Waals surface area (Å²) in [5.74, 6) is 0. The van der Waals surface area contributed by atoms with E-state index in [0.29, 0.717) is 13.1 Å². The smallest absolute Gasteiger partial charge is 0.410 e. The molecule has 0 bridgehead atoms. The van der Waals surface area contributed by atoms with Gasteiger partial charge in [0.15, 0.2) is 5.58 Å². The van der Waals surface area contributed by atoms with Crippen molar-refractivity contribution in [2.75, 3.05) is 13.1 Å². The molecule has 0 saturated heterocycles. The number of fused-ring (bicyclic) bond motifs is 1. The molecule has 2 aromatic rings. The number of aromatic nitrogens is 1. The molecule has 1 aliphatic rings. The first-order valence-electron chi connectivity index (χ1n) is 7.43. The molecule has 0 unspecified atom stereocenters. The lowest BCUT2D eigenvalue weighted by molar-refractivity contribution is 0.0270. The largest absolute Gasteiger partial charge is 0.462 e. The second-order valence-corrected chi connectivity index (χ2v) is 6.41. The van der Waals surface area contributed by atoms with Crippen molar-refractivity contribution >= 4 is 22.8 Å². The van der Waals surface area contributed by atoms with E-state index in [1.54, 1.807) is 17.4 Å². The third kappa shape index (κ3) is 2.98.